The van der Waals surface area contributed by atoms with Crippen molar-refractivity contribution in [1.29, 1.82) is 0 Å². The van der Waals surface area contributed by atoms with Crippen molar-refractivity contribution in [2.24, 2.45) is 17.8 Å². The lowest BCUT2D eigenvalue weighted by Gasteiger charge is -2.18. The molecule has 5 heteroatoms. The predicted octanol–water partition coefficient (Wildman–Crippen LogP) is 3.02. The molecule has 2 saturated carbocycles. The van der Waals surface area contributed by atoms with Crippen molar-refractivity contribution >= 4 is 22.2 Å². The first-order chi connectivity index (χ1) is 10.1. The summed E-state index contributed by atoms with van der Waals surface area (Å²) in [6.07, 6.45) is 5.96. The first kappa shape index (κ1) is 13.3. The summed E-state index contributed by atoms with van der Waals surface area (Å²) in [6.45, 7) is 4.80. The molecule has 21 heavy (non-hydrogen) atoms. The SMILES string of the molecule is Cc1cn2c(CN(C)C(=O)C3C4CCCC43)c(C)nc2s1. The molecular formula is C16H21N3OS. The molecule has 4 nitrogen and oxygen atoms in total. The van der Waals surface area contributed by atoms with Crippen molar-refractivity contribution in [2.45, 2.75) is 39.7 Å². The van der Waals surface area contributed by atoms with E-state index in [0.717, 1.165) is 16.3 Å². The van der Waals surface area contributed by atoms with Crippen LogP contribution < -0.4 is 0 Å². The van der Waals surface area contributed by atoms with Crippen molar-refractivity contribution in [3.63, 3.8) is 0 Å². The lowest BCUT2D eigenvalue weighted by atomic mass is 10.1. The molecule has 4 rings (SSSR count). The van der Waals surface area contributed by atoms with E-state index >= 15 is 0 Å². The number of aryl methyl sites for hydroxylation is 2. The Morgan fingerprint density at radius 1 is 1.43 bits per heavy atom. The molecule has 0 N–H and O–H groups in total. The molecule has 2 atom stereocenters. The first-order valence-corrected chi connectivity index (χ1v) is 8.57. The molecule has 0 bridgehead atoms. The second kappa shape index (κ2) is 4.57. The Bertz CT molecular complexity index is 706. The van der Waals surface area contributed by atoms with Gasteiger partial charge >= 0.3 is 0 Å². The van der Waals surface area contributed by atoms with Crippen molar-refractivity contribution in [3.05, 3.63) is 22.5 Å². The van der Waals surface area contributed by atoms with E-state index < -0.39 is 0 Å². The van der Waals surface area contributed by atoms with Gasteiger partial charge in [-0.15, -0.1) is 11.3 Å². The summed E-state index contributed by atoms with van der Waals surface area (Å²) in [7, 11) is 1.94. The summed E-state index contributed by atoms with van der Waals surface area (Å²) < 4.78 is 2.15. The molecular weight excluding hydrogens is 282 g/mol. The number of hydrogen-bond acceptors (Lipinski definition) is 3. The summed E-state index contributed by atoms with van der Waals surface area (Å²) in [5, 5.41) is 0. The number of nitrogens with zero attached hydrogens (tertiary/aromatic N) is 3. The lowest BCUT2D eigenvalue weighted by Crippen LogP contribution is -2.29. The van der Waals surface area contributed by atoms with E-state index in [-0.39, 0.29) is 0 Å². The zero-order valence-corrected chi connectivity index (χ0v) is 13.6. The molecule has 0 aromatic carbocycles. The molecule has 2 aliphatic carbocycles. The maximum Gasteiger partial charge on any atom is 0.226 e. The second-order valence-corrected chi connectivity index (χ2v) is 7.83. The van der Waals surface area contributed by atoms with Crippen LogP contribution in [0.25, 0.3) is 4.96 Å². The average molecular weight is 303 g/mol. The topological polar surface area (TPSA) is 37.6 Å². The molecule has 2 aromatic rings. The van der Waals surface area contributed by atoms with E-state index in [1.165, 1.54) is 24.1 Å². The summed E-state index contributed by atoms with van der Waals surface area (Å²) in [5.41, 5.74) is 2.19. The van der Waals surface area contributed by atoms with E-state index in [0.29, 0.717) is 30.2 Å². The van der Waals surface area contributed by atoms with Crippen molar-refractivity contribution in [2.75, 3.05) is 7.05 Å². The van der Waals surface area contributed by atoms with Gasteiger partial charge in [0, 0.05) is 24.0 Å². The summed E-state index contributed by atoms with van der Waals surface area (Å²) in [6, 6.07) is 0. The van der Waals surface area contributed by atoms with Gasteiger partial charge in [0.25, 0.3) is 0 Å². The maximum absolute atomic E-state index is 12.6. The van der Waals surface area contributed by atoms with Crippen LogP contribution >= 0.6 is 11.3 Å². The van der Waals surface area contributed by atoms with Gasteiger partial charge in [-0.1, -0.05) is 6.42 Å². The second-order valence-electron chi connectivity index (χ2n) is 6.62. The molecule has 0 saturated heterocycles. The van der Waals surface area contributed by atoms with Gasteiger partial charge in [-0.3, -0.25) is 9.20 Å². The van der Waals surface area contributed by atoms with Crippen LogP contribution in [0.3, 0.4) is 0 Å². The summed E-state index contributed by atoms with van der Waals surface area (Å²) in [4.78, 5) is 21.4. The molecule has 0 spiro atoms. The highest BCUT2D eigenvalue weighted by molar-refractivity contribution is 7.17. The van der Waals surface area contributed by atoms with Gasteiger partial charge in [-0.2, -0.15) is 0 Å². The van der Waals surface area contributed by atoms with Crippen molar-refractivity contribution < 1.29 is 4.79 Å². The third-order valence-corrected chi connectivity index (χ3v) is 6.09. The highest BCUT2D eigenvalue weighted by Crippen LogP contribution is 2.58. The van der Waals surface area contributed by atoms with E-state index in [9.17, 15) is 4.79 Å². The number of thiazole rings is 1. The van der Waals surface area contributed by atoms with Gasteiger partial charge in [0.15, 0.2) is 4.96 Å². The zero-order chi connectivity index (χ0) is 14.7. The van der Waals surface area contributed by atoms with Gasteiger partial charge in [-0.25, -0.2) is 4.98 Å². The van der Waals surface area contributed by atoms with Crippen LogP contribution in [0, 0.1) is 31.6 Å². The van der Waals surface area contributed by atoms with Crippen LogP contribution in [0.2, 0.25) is 0 Å². The van der Waals surface area contributed by atoms with Crippen LogP contribution in [0.15, 0.2) is 6.20 Å². The Balaban J connectivity index is 1.54. The quantitative estimate of drug-likeness (QED) is 0.874. The number of fused-ring (bicyclic) bond motifs is 2. The van der Waals surface area contributed by atoms with Crippen molar-refractivity contribution in [3.8, 4) is 0 Å². The molecule has 112 valence electrons. The first-order valence-electron chi connectivity index (χ1n) is 7.75. The van der Waals surface area contributed by atoms with Crippen LogP contribution in [-0.2, 0) is 11.3 Å². The number of aromatic nitrogens is 2. The van der Waals surface area contributed by atoms with Crippen LogP contribution in [-0.4, -0.2) is 27.2 Å². The summed E-state index contributed by atoms with van der Waals surface area (Å²) >= 11 is 1.70. The van der Waals surface area contributed by atoms with Crippen molar-refractivity contribution in [1.82, 2.24) is 14.3 Å². The van der Waals surface area contributed by atoms with Crippen LogP contribution in [0.5, 0.6) is 0 Å². The minimum absolute atomic E-state index is 0.316. The third-order valence-electron chi connectivity index (χ3n) is 5.20. The predicted molar refractivity (Wildman–Crippen MR) is 83.3 cm³/mol. The average Bonchev–Trinajstić information content (AvgIpc) is 2.78. The van der Waals surface area contributed by atoms with Gasteiger partial charge < -0.3 is 4.90 Å². The Kier molecular flexibility index (Phi) is 2.89. The number of carbonyl (C=O) groups is 1. The zero-order valence-electron chi connectivity index (χ0n) is 12.8. The Morgan fingerprint density at radius 3 is 2.86 bits per heavy atom. The van der Waals surface area contributed by atoms with E-state index in [4.69, 9.17) is 0 Å². The molecule has 1 amide bonds. The normalized spacial score (nSPS) is 27.1. The van der Waals surface area contributed by atoms with Gasteiger partial charge in [0.05, 0.1) is 17.9 Å². The number of amides is 1. The number of carbonyl (C=O) groups excluding carboxylic acids is 1. The third kappa shape index (κ3) is 2.01. The fourth-order valence-electron chi connectivity index (χ4n) is 4.04. The highest BCUT2D eigenvalue weighted by Gasteiger charge is 2.57. The largest absolute Gasteiger partial charge is 0.340 e. The standard InChI is InChI=1S/C16H21N3OS/c1-9-7-19-13(10(2)17-16(19)21-9)8-18(3)15(20)14-11-5-4-6-12(11)14/h7,11-12,14H,4-6,8H2,1-3H3. The molecule has 0 aliphatic heterocycles. The van der Waals surface area contributed by atoms with Gasteiger partial charge in [0.2, 0.25) is 5.91 Å². The molecule has 2 fully saturated rings. The van der Waals surface area contributed by atoms with E-state index in [1.807, 2.05) is 18.9 Å². The van der Waals surface area contributed by atoms with Crippen LogP contribution in [0.1, 0.15) is 35.5 Å². The van der Waals surface area contributed by atoms with Crippen LogP contribution in [0.4, 0.5) is 0 Å². The fraction of sp³-hybridized carbons (Fsp3) is 0.625. The molecule has 2 aliphatic rings. The Morgan fingerprint density at radius 2 is 2.14 bits per heavy atom. The highest BCUT2D eigenvalue weighted by atomic mass is 32.1. The minimum Gasteiger partial charge on any atom is -0.340 e. The number of imidazole rings is 1. The Hall–Kier alpha value is -1.36. The minimum atomic E-state index is 0.316. The van der Waals surface area contributed by atoms with Gasteiger partial charge in [0.1, 0.15) is 0 Å². The monoisotopic (exact) mass is 303 g/mol. The fourth-order valence-corrected chi connectivity index (χ4v) is 4.93. The molecule has 0 radical (unpaired) electrons. The molecule has 2 unspecified atom stereocenters. The molecule has 2 heterocycles. The number of hydrogen-bond donors (Lipinski definition) is 0. The lowest BCUT2D eigenvalue weighted by molar-refractivity contribution is -0.132. The Labute approximate surface area is 128 Å². The smallest absolute Gasteiger partial charge is 0.226 e. The van der Waals surface area contributed by atoms with Gasteiger partial charge in [-0.05, 0) is 38.5 Å². The molecule has 2 aromatic heterocycles. The summed E-state index contributed by atoms with van der Waals surface area (Å²) in [5.74, 6) is 2.03. The van der Waals surface area contributed by atoms with E-state index in [2.05, 4.69) is 22.5 Å². The van der Waals surface area contributed by atoms with E-state index in [1.54, 1.807) is 11.3 Å². The number of rotatable bonds is 3. The maximum atomic E-state index is 12.6.